The normalized spacial score (nSPS) is 19.6. The number of piperidine rings is 1. The van der Waals surface area contributed by atoms with E-state index in [-0.39, 0.29) is 19.3 Å². The number of nitrogens with zero attached hydrogens (tertiary/aromatic N) is 2. The van der Waals surface area contributed by atoms with Crippen molar-refractivity contribution in [1.29, 1.82) is 0 Å². The lowest BCUT2D eigenvalue weighted by molar-refractivity contribution is -0.0515. The molecule has 2 bridgehead atoms. The first-order chi connectivity index (χ1) is 14.4. The van der Waals surface area contributed by atoms with Crippen LogP contribution in [-0.4, -0.2) is 62.7 Å². The van der Waals surface area contributed by atoms with Crippen LogP contribution in [0.15, 0.2) is 30.3 Å². The van der Waals surface area contributed by atoms with Crippen molar-refractivity contribution in [1.82, 2.24) is 9.96 Å². The third-order valence-electron chi connectivity index (χ3n) is 6.33. The number of rotatable bonds is 9. The molecule has 172 valence electrons. The number of ether oxygens (including phenoxy) is 1. The van der Waals surface area contributed by atoms with Gasteiger partial charge in [0, 0.05) is 18.5 Å². The number of hydrogen-bond donors (Lipinski definition) is 0. The molecule has 2 aliphatic rings. The standard InChI is InChI=1S/C21H30N2O7S/c1-20(2,14-28-18(24)16-9-6-5-7-10-16)21(3,4)15-29-31(26,27)30-23-17-11-8-12-22(13-17)19(23)25/h5-7,9-10,17H,8,11-15H2,1-4H3/t17-/m1/s1. The maximum absolute atomic E-state index is 12.4. The Bertz CT molecular complexity index is 915. The largest absolute Gasteiger partial charge is 0.462 e. The minimum atomic E-state index is -4.43. The zero-order chi connectivity index (χ0) is 22.9. The van der Waals surface area contributed by atoms with E-state index in [1.54, 1.807) is 29.2 Å². The van der Waals surface area contributed by atoms with Gasteiger partial charge in [-0.2, -0.15) is 13.5 Å². The Morgan fingerprint density at radius 1 is 1.10 bits per heavy atom. The molecule has 0 spiro atoms. The van der Waals surface area contributed by atoms with E-state index in [0.29, 0.717) is 25.1 Å². The number of carbonyl (C=O) groups is 2. The van der Waals surface area contributed by atoms with Gasteiger partial charge < -0.3 is 9.64 Å². The van der Waals surface area contributed by atoms with Crippen LogP contribution in [0.4, 0.5) is 4.79 Å². The quantitative estimate of drug-likeness (QED) is 0.529. The van der Waals surface area contributed by atoms with Crippen LogP contribution in [0.1, 0.15) is 50.9 Å². The van der Waals surface area contributed by atoms with Gasteiger partial charge in [0.25, 0.3) is 0 Å². The van der Waals surface area contributed by atoms with Crippen LogP contribution in [0, 0.1) is 10.8 Å². The molecule has 10 heteroatoms. The molecule has 31 heavy (non-hydrogen) atoms. The molecule has 3 rings (SSSR count). The Morgan fingerprint density at radius 2 is 1.74 bits per heavy atom. The SMILES string of the molecule is CC(C)(COC(=O)c1ccccc1)C(C)(C)COS(=O)(=O)ON1C(=O)N2CCC[C@@H]1C2. The maximum atomic E-state index is 12.4. The van der Waals surface area contributed by atoms with Crippen molar-refractivity contribution in [3.05, 3.63) is 35.9 Å². The molecular weight excluding hydrogens is 424 g/mol. The summed E-state index contributed by atoms with van der Waals surface area (Å²) in [4.78, 5) is 26.1. The topological polar surface area (TPSA) is 102 Å². The summed E-state index contributed by atoms with van der Waals surface area (Å²) in [6, 6.07) is 7.89. The number of fused-ring (bicyclic) bond motifs is 2. The number of hydroxylamine groups is 2. The van der Waals surface area contributed by atoms with Gasteiger partial charge >= 0.3 is 22.4 Å². The van der Waals surface area contributed by atoms with Crippen molar-refractivity contribution in [2.24, 2.45) is 10.8 Å². The van der Waals surface area contributed by atoms with Crippen molar-refractivity contribution in [2.45, 2.75) is 46.6 Å². The molecule has 0 N–H and O–H groups in total. The number of carbonyl (C=O) groups excluding carboxylic acids is 2. The van der Waals surface area contributed by atoms with E-state index in [4.69, 9.17) is 13.2 Å². The van der Waals surface area contributed by atoms with Gasteiger partial charge in [-0.1, -0.05) is 45.9 Å². The summed E-state index contributed by atoms with van der Waals surface area (Å²) in [5.74, 6) is -0.449. The molecule has 2 heterocycles. The van der Waals surface area contributed by atoms with Crippen molar-refractivity contribution >= 4 is 22.4 Å². The van der Waals surface area contributed by atoms with E-state index >= 15 is 0 Å². The molecular formula is C21H30N2O7S. The van der Waals surface area contributed by atoms with Crippen molar-refractivity contribution in [3.63, 3.8) is 0 Å². The first-order valence-electron chi connectivity index (χ1n) is 10.3. The molecule has 1 atom stereocenters. The first kappa shape index (κ1) is 23.5. The van der Waals surface area contributed by atoms with Crippen LogP contribution in [-0.2, 0) is 23.6 Å². The van der Waals surface area contributed by atoms with Gasteiger partial charge in [-0.05, 0) is 30.4 Å². The molecule has 2 saturated heterocycles. The van der Waals surface area contributed by atoms with E-state index in [9.17, 15) is 18.0 Å². The lowest BCUT2D eigenvalue weighted by Gasteiger charge is -2.40. The van der Waals surface area contributed by atoms with Crippen LogP contribution in [0.2, 0.25) is 0 Å². The Kier molecular flexibility index (Phi) is 6.64. The Hall–Kier alpha value is -2.17. The summed E-state index contributed by atoms with van der Waals surface area (Å²) in [6.07, 6.45) is 1.49. The summed E-state index contributed by atoms with van der Waals surface area (Å²) in [7, 11) is -4.43. The van der Waals surface area contributed by atoms with Gasteiger partial charge in [0.1, 0.15) is 0 Å². The number of esters is 1. The number of hydrogen-bond acceptors (Lipinski definition) is 7. The lowest BCUT2D eigenvalue weighted by atomic mass is 9.69. The third kappa shape index (κ3) is 5.36. The second-order valence-corrected chi connectivity index (χ2v) is 10.5. The van der Waals surface area contributed by atoms with Gasteiger partial charge in [0.15, 0.2) is 0 Å². The molecule has 1 aromatic rings. The van der Waals surface area contributed by atoms with Gasteiger partial charge in [0.05, 0.1) is 24.8 Å². The van der Waals surface area contributed by atoms with Crippen LogP contribution >= 0.6 is 0 Å². The van der Waals surface area contributed by atoms with Crippen LogP contribution in [0.25, 0.3) is 0 Å². The highest BCUT2D eigenvalue weighted by molar-refractivity contribution is 7.81. The van der Waals surface area contributed by atoms with Crippen molar-refractivity contribution in [3.8, 4) is 0 Å². The molecule has 1 aromatic carbocycles. The Labute approximate surface area is 183 Å². The highest BCUT2D eigenvalue weighted by Crippen LogP contribution is 2.39. The molecule has 0 unspecified atom stereocenters. The summed E-state index contributed by atoms with van der Waals surface area (Å²) >= 11 is 0. The minimum absolute atomic E-state index is 0.0691. The smallest absolute Gasteiger partial charge is 0.421 e. The summed E-state index contributed by atoms with van der Waals surface area (Å²) < 4.78 is 40.4. The molecule has 2 aliphatic heterocycles. The van der Waals surface area contributed by atoms with Crippen molar-refractivity contribution < 1.29 is 31.2 Å². The van der Waals surface area contributed by atoms with Gasteiger partial charge in [-0.15, -0.1) is 4.28 Å². The van der Waals surface area contributed by atoms with Crippen LogP contribution < -0.4 is 0 Å². The zero-order valence-electron chi connectivity index (χ0n) is 18.4. The molecule has 2 fully saturated rings. The van der Waals surface area contributed by atoms with Crippen LogP contribution in [0.3, 0.4) is 0 Å². The predicted octanol–water partition coefficient (Wildman–Crippen LogP) is 2.99. The number of benzene rings is 1. The summed E-state index contributed by atoms with van der Waals surface area (Å²) in [6.45, 7) is 8.28. The lowest BCUT2D eigenvalue weighted by Crippen LogP contribution is -2.42. The molecule has 0 saturated carbocycles. The van der Waals surface area contributed by atoms with E-state index < -0.39 is 33.2 Å². The van der Waals surface area contributed by atoms with E-state index in [1.807, 2.05) is 33.8 Å². The number of urea groups is 1. The molecule has 0 aliphatic carbocycles. The molecule has 2 amide bonds. The fourth-order valence-corrected chi connectivity index (χ4v) is 4.21. The van der Waals surface area contributed by atoms with E-state index in [1.165, 1.54) is 0 Å². The van der Waals surface area contributed by atoms with Gasteiger partial charge in [-0.25, -0.2) is 13.8 Å². The second kappa shape index (κ2) is 8.76. The van der Waals surface area contributed by atoms with Crippen molar-refractivity contribution in [2.75, 3.05) is 26.3 Å². The Balaban J connectivity index is 1.56. The van der Waals surface area contributed by atoms with Gasteiger partial charge in [-0.3, -0.25) is 0 Å². The average molecular weight is 455 g/mol. The molecule has 9 nitrogen and oxygen atoms in total. The maximum Gasteiger partial charge on any atom is 0.421 e. The van der Waals surface area contributed by atoms with E-state index in [2.05, 4.69) is 0 Å². The molecule has 0 aromatic heterocycles. The third-order valence-corrected chi connectivity index (χ3v) is 7.08. The second-order valence-electron chi connectivity index (χ2n) is 9.31. The highest BCUT2D eigenvalue weighted by Gasteiger charge is 2.45. The predicted molar refractivity (Wildman–Crippen MR) is 112 cm³/mol. The minimum Gasteiger partial charge on any atom is -0.462 e. The summed E-state index contributed by atoms with van der Waals surface area (Å²) in [5, 5.41) is 0.905. The van der Waals surface area contributed by atoms with E-state index in [0.717, 1.165) is 11.5 Å². The Morgan fingerprint density at radius 3 is 2.39 bits per heavy atom. The number of amides is 2. The fraction of sp³-hybridized carbons (Fsp3) is 0.619. The zero-order valence-corrected chi connectivity index (χ0v) is 19.2. The monoisotopic (exact) mass is 454 g/mol. The average Bonchev–Trinajstić information content (AvgIpc) is 2.93. The summed E-state index contributed by atoms with van der Waals surface area (Å²) in [5.41, 5.74) is -0.868. The van der Waals surface area contributed by atoms with Crippen LogP contribution in [0.5, 0.6) is 0 Å². The first-order valence-corrected chi connectivity index (χ1v) is 11.6. The fourth-order valence-electron chi connectivity index (χ4n) is 3.34. The van der Waals surface area contributed by atoms with Gasteiger partial charge in [0.2, 0.25) is 0 Å². The molecule has 0 radical (unpaired) electrons. The highest BCUT2D eigenvalue weighted by atomic mass is 32.3.